The van der Waals surface area contributed by atoms with Crippen LogP contribution in [-0.4, -0.2) is 58.6 Å². The molecule has 23 heavy (non-hydrogen) atoms. The van der Waals surface area contributed by atoms with Crippen molar-refractivity contribution in [2.75, 3.05) is 19.8 Å². The molecule has 9 heteroatoms. The van der Waals surface area contributed by atoms with Crippen LogP contribution in [0.2, 0.25) is 0 Å². The van der Waals surface area contributed by atoms with Crippen LogP contribution in [-0.2, 0) is 4.79 Å². The summed E-state index contributed by atoms with van der Waals surface area (Å²) in [6.07, 6.45) is -1.38. The van der Waals surface area contributed by atoms with Gasteiger partial charge in [0.25, 0.3) is 5.91 Å². The Morgan fingerprint density at radius 2 is 2.09 bits per heavy atom. The lowest BCUT2D eigenvalue weighted by atomic mass is 10.2. The first-order valence-corrected chi connectivity index (χ1v) is 7.08. The number of pyridine rings is 1. The van der Waals surface area contributed by atoms with E-state index in [4.69, 9.17) is 0 Å². The Hall–Kier alpha value is -2.32. The summed E-state index contributed by atoms with van der Waals surface area (Å²) >= 11 is 0. The fraction of sp³-hybridized carbons (Fsp3) is 0.500. The van der Waals surface area contributed by atoms with Gasteiger partial charge in [0.2, 0.25) is 11.8 Å². The van der Waals surface area contributed by atoms with Crippen LogP contribution >= 0.6 is 0 Å². The van der Waals surface area contributed by atoms with Crippen LogP contribution in [0.1, 0.15) is 23.2 Å². The van der Waals surface area contributed by atoms with Gasteiger partial charge in [-0.1, -0.05) is 0 Å². The number of carbonyl (C=O) groups excluding carboxylic acids is 2. The Balaban J connectivity index is 1.60. The third-order valence-corrected chi connectivity index (χ3v) is 3.61. The summed E-state index contributed by atoms with van der Waals surface area (Å²) in [7, 11) is 0. The maximum atomic E-state index is 12.3. The average molecular weight is 329 g/mol. The van der Waals surface area contributed by atoms with Crippen molar-refractivity contribution in [2.45, 2.75) is 25.1 Å². The number of aromatic nitrogens is 1. The molecular formula is C14H14F3N3O3. The van der Waals surface area contributed by atoms with Crippen molar-refractivity contribution in [3.8, 4) is 5.88 Å². The van der Waals surface area contributed by atoms with Gasteiger partial charge in [-0.05, 0) is 18.9 Å². The van der Waals surface area contributed by atoms with E-state index in [1.165, 1.54) is 17.0 Å². The zero-order valence-electron chi connectivity index (χ0n) is 12.0. The molecule has 1 aromatic rings. The molecule has 0 spiro atoms. The first-order valence-electron chi connectivity index (χ1n) is 7.08. The minimum atomic E-state index is -4.45. The molecule has 2 fully saturated rings. The number of hydrogen-bond donors (Lipinski definition) is 0. The molecular weight excluding hydrogens is 315 g/mol. The molecule has 0 aromatic carbocycles. The van der Waals surface area contributed by atoms with E-state index in [0.29, 0.717) is 0 Å². The van der Waals surface area contributed by atoms with Crippen molar-refractivity contribution in [2.24, 2.45) is 0 Å². The van der Waals surface area contributed by atoms with Crippen LogP contribution in [0.5, 0.6) is 5.88 Å². The normalized spacial score (nSPS) is 18.5. The smallest absolute Gasteiger partial charge is 0.422 e. The van der Waals surface area contributed by atoms with E-state index < -0.39 is 12.8 Å². The highest BCUT2D eigenvalue weighted by Gasteiger charge is 2.40. The van der Waals surface area contributed by atoms with Crippen molar-refractivity contribution < 1.29 is 27.5 Å². The Kier molecular flexibility index (Phi) is 3.87. The van der Waals surface area contributed by atoms with Crippen LogP contribution in [0.25, 0.3) is 0 Å². The molecule has 2 heterocycles. The molecule has 0 atom stereocenters. The summed E-state index contributed by atoms with van der Waals surface area (Å²) in [5, 5.41) is 0. The van der Waals surface area contributed by atoms with Crippen molar-refractivity contribution in [3.05, 3.63) is 23.9 Å². The van der Waals surface area contributed by atoms with Crippen LogP contribution in [0.15, 0.2) is 18.3 Å². The summed E-state index contributed by atoms with van der Waals surface area (Å²) in [6.45, 7) is -1.18. The third kappa shape index (κ3) is 3.72. The van der Waals surface area contributed by atoms with Crippen molar-refractivity contribution in [1.29, 1.82) is 0 Å². The van der Waals surface area contributed by atoms with Gasteiger partial charge < -0.3 is 14.5 Å². The second-order valence-corrected chi connectivity index (χ2v) is 5.53. The van der Waals surface area contributed by atoms with Gasteiger partial charge >= 0.3 is 6.18 Å². The monoisotopic (exact) mass is 329 g/mol. The summed E-state index contributed by atoms with van der Waals surface area (Å²) in [5.41, 5.74) is 0.204. The number of amides is 2. The summed E-state index contributed by atoms with van der Waals surface area (Å²) in [4.78, 5) is 30.9. The predicted molar refractivity (Wildman–Crippen MR) is 71.6 cm³/mol. The molecule has 0 N–H and O–H groups in total. The van der Waals surface area contributed by atoms with Gasteiger partial charge in [0, 0.05) is 18.3 Å². The van der Waals surface area contributed by atoms with Crippen LogP contribution in [0.3, 0.4) is 0 Å². The van der Waals surface area contributed by atoms with Gasteiger partial charge in [0.05, 0.1) is 12.2 Å². The first kappa shape index (κ1) is 15.6. The number of hydrogen-bond acceptors (Lipinski definition) is 4. The molecule has 1 saturated heterocycles. The molecule has 1 saturated carbocycles. The Morgan fingerprint density at radius 3 is 2.65 bits per heavy atom. The van der Waals surface area contributed by atoms with E-state index in [9.17, 15) is 22.8 Å². The number of rotatable bonds is 4. The highest BCUT2D eigenvalue weighted by molar-refractivity contribution is 5.97. The molecule has 2 aliphatic rings. The molecule has 1 aliphatic carbocycles. The van der Waals surface area contributed by atoms with Crippen molar-refractivity contribution in [3.63, 3.8) is 0 Å². The number of nitrogens with zero attached hydrogens (tertiary/aromatic N) is 3. The molecule has 0 unspecified atom stereocenters. The lowest BCUT2D eigenvalue weighted by Gasteiger charge is -2.17. The van der Waals surface area contributed by atoms with E-state index >= 15 is 0 Å². The molecule has 0 radical (unpaired) electrons. The maximum absolute atomic E-state index is 12.3. The highest BCUT2D eigenvalue weighted by atomic mass is 19.4. The van der Waals surface area contributed by atoms with Gasteiger partial charge in [-0.3, -0.25) is 9.59 Å². The maximum Gasteiger partial charge on any atom is 0.422 e. The summed E-state index contributed by atoms with van der Waals surface area (Å²) in [5.74, 6) is -0.675. The van der Waals surface area contributed by atoms with E-state index in [2.05, 4.69) is 9.72 Å². The van der Waals surface area contributed by atoms with Gasteiger partial charge in [0.15, 0.2) is 6.61 Å². The zero-order chi connectivity index (χ0) is 16.6. The standard InChI is InChI=1S/C14H14F3N3O3/c15-14(16,17)7-23-11-4-1-9(5-18-11)13(22)19-6-12(21)20(8-19)10-2-3-10/h1,4-5,10H,2-3,6-8H2. The minimum Gasteiger partial charge on any atom is -0.468 e. The lowest BCUT2D eigenvalue weighted by Crippen LogP contribution is -2.32. The predicted octanol–water partition coefficient (Wildman–Crippen LogP) is 1.43. The van der Waals surface area contributed by atoms with Crippen molar-refractivity contribution >= 4 is 11.8 Å². The van der Waals surface area contributed by atoms with E-state index in [0.717, 1.165) is 19.0 Å². The second kappa shape index (κ2) is 5.71. The summed E-state index contributed by atoms with van der Waals surface area (Å²) in [6, 6.07) is 2.78. The van der Waals surface area contributed by atoms with Crippen LogP contribution in [0.4, 0.5) is 13.2 Å². The highest BCUT2D eigenvalue weighted by Crippen LogP contribution is 2.29. The topological polar surface area (TPSA) is 62.7 Å². The molecule has 124 valence electrons. The fourth-order valence-corrected chi connectivity index (χ4v) is 2.34. The largest absolute Gasteiger partial charge is 0.468 e. The summed E-state index contributed by atoms with van der Waals surface area (Å²) < 4.78 is 40.6. The molecule has 1 aromatic heterocycles. The van der Waals surface area contributed by atoms with E-state index in [1.807, 2.05) is 0 Å². The number of carbonyl (C=O) groups is 2. The van der Waals surface area contributed by atoms with Gasteiger partial charge in [-0.25, -0.2) is 4.98 Å². The fourth-order valence-electron chi connectivity index (χ4n) is 2.34. The van der Waals surface area contributed by atoms with Crippen LogP contribution < -0.4 is 4.74 Å². The zero-order valence-corrected chi connectivity index (χ0v) is 12.0. The van der Waals surface area contributed by atoms with Gasteiger partial charge in [-0.15, -0.1) is 0 Å². The Morgan fingerprint density at radius 1 is 1.35 bits per heavy atom. The molecule has 0 bridgehead atoms. The quantitative estimate of drug-likeness (QED) is 0.838. The Bertz CT molecular complexity index is 614. The van der Waals surface area contributed by atoms with Crippen molar-refractivity contribution in [1.82, 2.24) is 14.8 Å². The second-order valence-electron chi connectivity index (χ2n) is 5.53. The van der Waals surface area contributed by atoms with E-state index in [-0.39, 0.29) is 42.5 Å². The number of ether oxygens (including phenoxy) is 1. The third-order valence-electron chi connectivity index (χ3n) is 3.61. The number of halogens is 3. The molecule has 6 nitrogen and oxygen atoms in total. The molecule has 1 aliphatic heterocycles. The first-order chi connectivity index (χ1) is 10.8. The lowest BCUT2D eigenvalue weighted by molar-refractivity contribution is -0.154. The van der Waals surface area contributed by atoms with Gasteiger partial charge in [0.1, 0.15) is 6.54 Å². The molecule has 3 rings (SSSR count). The van der Waals surface area contributed by atoms with E-state index in [1.54, 1.807) is 4.90 Å². The minimum absolute atomic E-state index is 0.0155. The average Bonchev–Trinajstić information content (AvgIpc) is 3.27. The Labute approximate surface area is 129 Å². The SMILES string of the molecule is O=C(c1ccc(OCC(F)(F)F)nc1)N1CC(=O)N(C2CC2)C1. The number of alkyl halides is 3. The van der Waals surface area contributed by atoms with Gasteiger partial charge in [-0.2, -0.15) is 13.2 Å². The van der Waals surface area contributed by atoms with Crippen LogP contribution in [0, 0.1) is 0 Å². The molecule has 2 amide bonds.